The third kappa shape index (κ3) is 5.43. The number of aromatic nitrogens is 3. The normalized spacial score (nSPS) is 23.9. The monoisotopic (exact) mass is 453 g/mol. The van der Waals surface area contributed by atoms with Crippen LogP contribution in [0.1, 0.15) is 43.7 Å². The fourth-order valence-electron chi connectivity index (χ4n) is 3.68. The van der Waals surface area contributed by atoms with Gasteiger partial charge in [0.2, 0.25) is 0 Å². The molecule has 10 heteroatoms. The van der Waals surface area contributed by atoms with Gasteiger partial charge in [0.25, 0.3) is 0 Å². The third-order valence-electron chi connectivity index (χ3n) is 5.52. The second-order valence-electron chi connectivity index (χ2n) is 7.86. The number of nitrogens with zero attached hydrogens (tertiary/aromatic N) is 3. The van der Waals surface area contributed by atoms with Crippen LogP contribution in [-0.2, 0) is 11.3 Å². The van der Waals surface area contributed by atoms with Gasteiger partial charge in [-0.2, -0.15) is 0 Å². The molecule has 1 aromatic carbocycles. The van der Waals surface area contributed by atoms with Crippen LogP contribution in [0.2, 0.25) is 10.0 Å². The number of aliphatic hydroxyl groups excluding tert-OH is 1. The van der Waals surface area contributed by atoms with Gasteiger partial charge in [0, 0.05) is 24.3 Å². The molecule has 1 aliphatic heterocycles. The molecule has 0 spiro atoms. The predicted molar refractivity (Wildman–Crippen MR) is 114 cm³/mol. The molecular formula is C20H25Cl2N5O3. The summed E-state index contributed by atoms with van der Waals surface area (Å²) in [6, 6.07) is 4.21. The fraction of sp³-hybridized carbons (Fsp3) is 0.550. The van der Waals surface area contributed by atoms with Crippen molar-refractivity contribution in [2.75, 3.05) is 11.9 Å². The van der Waals surface area contributed by atoms with E-state index in [0.717, 1.165) is 31.5 Å². The Morgan fingerprint density at radius 3 is 2.80 bits per heavy atom. The minimum absolute atomic E-state index is 0.00640. The van der Waals surface area contributed by atoms with Gasteiger partial charge >= 0.3 is 6.03 Å². The Hall–Kier alpha value is -1.87. The maximum Gasteiger partial charge on any atom is 0.319 e. The Balaban J connectivity index is 1.25. The lowest BCUT2D eigenvalue weighted by molar-refractivity contribution is -0.0905. The standard InChI is InChI=1S/C20H25Cl2N5O3/c21-15-5-3-13(9-16(15)22)23-20(29)24-17-6-4-14(30-19(17)11-28)7-8-27-10-18(25-26-27)12-1-2-12/h3,5,9-10,12,14,17,19,28H,1-2,4,6-8,11H2,(H2,23,24,29)/t14-,17-,19-/m0/s1. The van der Waals surface area contributed by atoms with Crippen LogP contribution in [0.15, 0.2) is 24.4 Å². The second kappa shape index (κ2) is 9.51. The third-order valence-corrected chi connectivity index (χ3v) is 6.26. The van der Waals surface area contributed by atoms with E-state index in [-0.39, 0.29) is 24.8 Å². The van der Waals surface area contributed by atoms with E-state index in [1.807, 2.05) is 10.9 Å². The van der Waals surface area contributed by atoms with Crippen LogP contribution in [0.5, 0.6) is 0 Å². The van der Waals surface area contributed by atoms with Crippen LogP contribution in [0, 0.1) is 0 Å². The highest BCUT2D eigenvalue weighted by atomic mass is 35.5. The van der Waals surface area contributed by atoms with Crippen molar-refractivity contribution in [1.29, 1.82) is 0 Å². The number of rotatable bonds is 7. The van der Waals surface area contributed by atoms with Gasteiger partial charge in [0.1, 0.15) is 6.10 Å². The van der Waals surface area contributed by atoms with Crippen LogP contribution in [0.3, 0.4) is 0 Å². The lowest BCUT2D eigenvalue weighted by Gasteiger charge is -2.36. The van der Waals surface area contributed by atoms with Crippen molar-refractivity contribution in [3.8, 4) is 0 Å². The minimum Gasteiger partial charge on any atom is -0.394 e. The minimum atomic E-state index is -0.457. The molecule has 2 amide bonds. The molecule has 2 aliphatic rings. The van der Waals surface area contributed by atoms with Gasteiger partial charge in [-0.15, -0.1) is 5.10 Å². The Morgan fingerprint density at radius 1 is 1.23 bits per heavy atom. The van der Waals surface area contributed by atoms with E-state index >= 15 is 0 Å². The van der Waals surface area contributed by atoms with Gasteiger partial charge < -0.3 is 20.5 Å². The molecule has 1 saturated carbocycles. The van der Waals surface area contributed by atoms with E-state index < -0.39 is 6.10 Å². The first-order chi connectivity index (χ1) is 14.5. The molecule has 1 saturated heterocycles. The largest absolute Gasteiger partial charge is 0.394 e. The van der Waals surface area contributed by atoms with Crippen LogP contribution in [-0.4, -0.2) is 51.0 Å². The Labute approximate surface area is 184 Å². The average Bonchev–Trinajstić information content (AvgIpc) is 3.48. The molecule has 2 heterocycles. The highest BCUT2D eigenvalue weighted by molar-refractivity contribution is 6.42. The molecular weight excluding hydrogens is 429 g/mol. The van der Waals surface area contributed by atoms with E-state index in [1.54, 1.807) is 18.2 Å². The molecule has 3 atom stereocenters. The zero-order valence-electron chi connectivity index (χ0n) is 16.4. The van der Waals surface area contributed by atoms with Crippen LogP contribution >= 0.6 is 23.2 Å². The van der Waals surface area contributed by atoms with Crippen LogP contribution in [0.25, 0.3) is 0 Å². The molecule has 4 rings (SSSR count). The summed E-state index contributed by atoms with van der Waals surface area (Å²) >= 11 is 11.9. The van der Waals surface area contributed by atoms with Gasteiger partial charge in [0.05, 0.1) is 34.5 Å². The van der Waals surface area contributed by atoms with Crippen molar-refractivity contribution >= 4 is 34.9 Å². The predicted octanol–water partition coefficient (Wildman–Crippen LogP) is 3.58. The van der Waals surface area contributed by atoms with Gasteiger partial charge in [-0.1, -0.05) is 28.4 Å². The summed E-state index contributed by atoms with van der Waals surface area (Å²) in [5.41, 5.74) is 1.61. The van der Waals surface area contributed by atoms with Crippen LogP contribution < -0.4 is 10.6 Å². The molecule has 2 fully saturated rings. The maximum atomic E-state index is 12.3. The molecule has 3 N–H and O–H groups in total. The number of carbonyl (C=O) groups excluding carboxylic acids is 1. The molecule has 2 aromatic rings. The number of aliphatic hydroxyl groups is 1. The van der Waals surface area contributed by atoms with E-state index in [4.69, 9.17) is 27.9 Å². The van der Waals surface area contributed by atoms with Gasteiger partial charge in [0.15, 0.2) is 0 Å². The number of ether oxygens (including phenoxy) is 1. The number of urea groups is 1. The number of hydrogen-bond acceptors (Lipinski definition) is 5. The smallest absolute Gasteiger partial charge is 0.319 e. The lowest BCUT2D eigenvalue weighted by atomic mass is 9.97. The first-order valence-electron chi connectivity index (χ1n) is 10.2. The summed E-state index contributed by atoms with van der Waals surface area (Å²) in [7, 11) is 0. The molecule has 0 unspecified atom stereocenters. The summed E-state index contributed by atoms with van der Waals surface area (Å²) in [6.45, 7) is 0.557. The summed E-state index contributed by atoms with van der Waals surface area (Å²) in [6.07, 6.45) is 6.26. The molecule has 8 nitrogen and oxygen atoms in total. The zero-order chi connectivity index (χ0) is 21.1. The number of nitrogens with one attached hydrogen (secondary N) is 2. The first-order valence-corrected chi connectivity index (χ1v) is 11.0. The Bertz CT molecular complexity index is 889. The highest BCUT2D eigenvalue weighted by Gasteiger charge is 2.32. The first kappa shape index (κ1) is 21.4. The van der Waals surface area contributed by atoms with Crippen molar-refractivity contribution in [3.63, 3.8) is 0 Å². The molecule has 162 valence electrons. The quantitative estimate of drug-likeness (QED) is 0.594. The molecule has 1 aliphatic carbocycles. The molecule has 30 heavy (non-hydrogen) atoms. The summed E-state index contributed by atoms with van der Waals surface area (Å²) in [4.78, 5) is 12.3. The summed E-state index contributed by atoms with van der Waals surface area (Å²) < 4.78 is 7.89. The van der Waals surface area contributed by atoms with Gasteiger partial charge in [-0.25, -0.2) is 4.79 Å². The number of amides is 2. The number of benzene rings is 1. The molecule has 1 aromatic heterocycles. The van der Waals surface area contributed by atoms with Crippen molar-refractivity contribution in [1.82, 2.24) is 20.3 Å². The number of anilines is 1. The summed E-state index contributed by atoms with van der Waals surface area (Å²) in [5, 5.41) is 24.6. The second-order valence-corrected chi connectivity index (χ2v) is 8.67. The average molecular weight is 454 g/mol. The number of aryl methyl sites for hydroxylation is 1. The SMILES string of the molecule is O=C(Nc1ccc(Cl)c(Cl)c1)N[C@H]1CC[C@@H](CCn2cc(C3CC3)nn2)O[C@H]1CO. The van der Waals surface area contributed by atoms with Crippen molar-refractivity contribution < 1.29 is 14.6 Å². The van der Waals surface area contributed by atoms with E-state index in [2.05, 4.69) is 20.9 Å². The number of halogens is 2. The lowest BCUT2D eigenvalue weighted by Crippen LogP contribution is -2.52. The van der Waals surface area contributed by atoms with Crippen molar-refractivity contribution in [3.05, 3.63) is 40.1 Å². The highest BCUT2D eigenvalue weighted by Crippen LogP contribution is 2.38. The number of carbonyl (C=O) groups is 1. The molecule has 0 bridgehead atoms. The van der Waals surface area contributed by atoms with E-state index in [9.17, 15) is 9.90 Å². The summed E-state index contributed by atoms with van der Waals surface area (Å²) in [5.74, 6) is 0.588. The van der Waals surface area contributed by atoms with Gasteiger partial charge in [-0.3, -0.25) is 4.68 Å². The number of hydrogen-bond donors (Lipinski definition) is 3. The van der Waals surface area contributed by atoms with Crippen LogP contribution in [0.4, 0.5) is 10.5 Å². The Morgan fingerprint density at radius 2 is 2.07 bits per heavy atom. The van der Waals surface area contributed by atoms with Crippen molar-refractivity contribution in [2.24, 2.45) is 0 Å². The zero-order valence-corrected chi connectivity index (χ0v) is 17.9. The van der Waals surface area contributed by atoms with Gasteiger partial charge in [-0.05, 0) is 50.3 Å². The topological polar surface area (TPSA) is 101 Å². The fourth-order valence-corrected chi connectivity index (χ4v) is 3.98. The Kier molecular flexibility index (Phi) is 6.77. The molecule has 0 radical (unpaired) electrons. The van der Waals surface area contributed by atoms with Crippen molar-refractivity contribution in [2.45, 2.75) is 62.8 Å². The van der Waals surface area contributed by atoms with E-state index in [0.29, 0.717) is 21.7 Å². The van der Waals surface area contributed by atoms with E-state index in [1.165, 1.54) is 12.8 Å². The maximum absolute atomic E-state index is 12.3.